The van der Waals surface area contributed by atoms with Crippen LogP contribution < -0.4 is 5.56 Å². The summed E-state index contributed by atoms with van der Waals surface area (Å²) in [6.45, 7) is 0.629. The van der Waals surface area contributed by atoms with Crippen molar-refractivity contribution in [2.45, 2.75) is 43.8 Å². The lowest BCUT2D eigenvalue weighted by molar-refractivity contribution is -0.137. The maximum Gasteiger partial charge on any atom is 0.416 e. The molecule has 204 valence electrons. The fourth-order valence-electron chi connectivity index (χ4n) is 5.44. The van der Waals surface area contributed by atoms with Crippen LogP contribution in [-0.4, -0.2) is 27.3 Å². The van der Waals surface area contributed by atoms with Crippen molar-refractivity contribution in [2.75, 3.05) is 6.54 Å². The first-order valence-electron chi connectivity index (χ1n) is 13.1. The molecule has 2 heterocycles. The molecular weight excluding hydrogens is 539 g/mol. The predicted octanol–water partition coefficient (Wildman–Crippen LogP) is 6.32. The van der Waals surface area contributed by atoms with Crippen molar-refractivity contribution in [2.24, 2.45) is 0 Å². The van der Waals surface area contributed by atoms with Crippen LogP contribution in [0.25, 0.3) is 11.1 Å². The van der Waals surface area contributed by atoms with Gasteiger partial charge in [0.1, 0.15) is 5.82 Å². The van der Waals surface area contributed by atoms with Gasteiger partial charge in [0.15, 0.2) is 0 Å². The molecule has 3 aromatic carbocycles. The van der Waals surface area contributed by atoms with Gasteiger partial charge in [-0.05, 0) is 59.4 Å². The number of hydrogen-bond acceptors (Lipinski definition) is 3. The van der Waals surface area contributed by atoms with Crippen LogP contribution in [-0.2, 0) is 35.8 Å². The highest BCUT2D eigenvalue weighted by atomic mass is 35.5. The Morgan fingerprint density at radius 3 is 2.45 bits per heavy atom. The quantitative estimate of drug-likeness (QED) is 0.309. The van der Waals surface area contributed by atoms with Gasteiger partial charge in [-0.1, -0.05) is 60.1 Å². The number of carbonyl (C=O) groups is 1. The molecule has 6 rings (SSSR count). The van der Waals surface area contributed by atoms with Crippen LogP contribution in [0.5, 0.6) is 0 Å². The van der Waals surface area contributed by atoms with Gasteiger partial charge in [-0.25, -0.2) is 4.98 Å². The number of nitrogens with one attached hydrogen (secondary N) is 1. The molecule has 4 aromatic rings. The first kappa shape index (κ1) is 26.3. The summed E-state index contributed by atoms with van der Waals surface area (Å²) < 4.78 is 38.7. The van der Waals surface area contributed by atoms with Gasteiger partial charge in [-0.15, -0.1) is 0 Å². The van der Waals surface area contributed by atoms with Crippen LogP contribution in [0.15, 0.2) is 77.6 Å². The van der Waals surface area contributed by atoms with Crippen molar-refractivity contribution in [3.63, 3.8) is 0 Å². The number of carbonyl (C=O) groups excluding carboxylic acids is 1. The van der Waals surface area contributed by atoms with Gasteiger partial charge in [0, 0.05) is 18.0 Å². The summed E-state index contributed by atoms with van der Waals surface area (Å²) in [7, 11) is 0. The molecule has 0 spiro atoms. The number of nitrogens with zero attached hydrogens (tertiary/aromatic N) is 2. The molecule has 0 saturated heterocycles. The maximum atomic E-state index is 13.2. The van der Waals surface area contributed by atoms with Gasteiger partial charge < -0.3 is 9.88 Å². The molecule has 2 aliphatic rings. The Morgan fingerprint density at radius 1 is 1.00 bits per heavy atom. The summed E-state index contributed by atoms with van der Waals surface area (Å²) in [6, 6.07) is 19.8. The molecule has 1 N–H and O–H groups in total. The molecule has 1 aliphatic heterocycles. The number of fused-ring (bicyclic) bond motifs is 1. The average Bonchev–Trinajstić information content (AvgIpc) is 3.75. The van der Waals surface area contributed by atoms with E-state index in [1.165, 1.54) is 12.1 Å². The second-order valence-corrected chi connectivity index (χ2v) is 10.9. The van der Waals surface area contributed by atoms with Crippen LogP contribution in [0, 0.1) is 0 Å². The maximum absolute atomic E-state index is 13.2. The highest BCUT2D eigenvalue weighted by Crippen LogP contribution is 2.52. The summed E-state index contributed by atoms with van der Waals surface area (Å²) in [6.07, 6.45) is -2.04. The lowest BCUT2D eigenvalue weighted by Crippen LogP contribution is -2.41. The highest BCUT2D eigenvalue weighted by Gasteiger charge is 2.49. The summed E-state index contributed by atoms with van der Waals surface area (Å²) >= 11 is 6.21. The summed E-state index contributed by atoms with van der Waals surface area (Å²) in [4.78, 5) is 35.8. The van der Waals surface area contributed by atoms with E-state index in [0.29, 0.717) is 34.9 Å². The fraction of sp³-hybridized carbons (Fsp3) is 0.258. The topological polar surface area (TPSA) is 66.1 Å². The zero-order chi connectivity index (χ0) is 28.1. The molecule has 9 heteroatoms. The summed E-state index contributed by atoms with van der Waals surface area (Å²) in [5.74, 6) is 0.523. The van der Waals surface area contributed by atoms with Crippen molar-refractivity contribution < 1.29 is 18.0 Å². The van der Waals surface area contributed by atoms with Gasteiger partial charge in [0.05, 0.1) is 35.2 Å². The zero-order valence-corrected chi connectivity index (χ0v) is 22.1. The van der Waals surface area contributed by atoms with Gasteiger partial charge in [-0.2, -0.15) is 13.2 Å². The lowest BCUT2D eigenvalue weighted by atomic mass is 9.94. The molecule has 1 fully saturated rings. The third kappa shape index (κ3) is 5.04. The number of alkyl halides is 3. The standard InChI is InChI=1S/C31H25ClF3N3O2/c32-24-6-2-5-23(17-24)30(12-13-30)29-36-26-11-14-38(18-25(26)28(40)37-29)27(39)16-19-3-1-4-21(15-19)20-7-9-22(10-8-20)31(33,34)35/h1-10,15,17H,11-14,16,18H2,(H,36,37,40). The van der Waals surface area contributed by atoms with E-state index in [-0.39, 0.29) is 29.8 Å². The number of aromatic amines is 1. The normalized spacial score (nSPS) is 15.9. The molecule has 5 nitrogen and oxygen atoms in total. The molecule has 1 aromatic heterocycles. The Hall–Kier alpha value is -3.91. The SMILES string of the molecule is O=C(Cc1cccc(-c2ccc(C(F)(F)F)cc2)c1)N1CCc2nc(C3(c4cccc(Cl)c4)CC3)[nH]c(=O)c2C1. The highest BCUT2D eigenvalue weighted by molar-refractivity contribution is 6.30. The fourth-order valence-corrected chi connectivity index (χ4v) is 5.63. The largest absolute Gasteiger partial charge is 0.416 e. The van der Waals surface area contributed by atoms with E-state index >= 15 is 0 Å². The van der Waals surface area contributed by atoms with E-state index < -0.39 is 11.7 Å². The number of hydrogen-bond donors (Lipinski definition) is 1. The molecule has 1 saturated carbocycles. The van der Waals surface area contributed by atoms with Crippen molar-refractivity contribution in [1.29, 1.82) is 0 Å². The van der Waals surface area contributed by atoms with Crippen molar-refractivity contribution >= 4 is 17.5 Å². The van der Waals surface area contributed by atoms with Crippen molar-refractivity contribution in [3.05, 3.63) is 122 Å². The zero-order valence-electron chi connectivity index (χ0n) is 21.4. The van der Waals surface area contributed by atoms with E-state index in [9.17, 15) is 22.8 Å². The van der Waals surface area contributed by atoms with Gasteiger partial charge >= 0.3 is 6.18 Å². The Kier molecular flexibility index (Phi) is 6.53. The monoisotopic (exact) mass is 563 g/mol. The molecule has 0 atom stereocenters. The number of halogens is 4. The molecule has 0 unspecified atom stereocenters. The second kappa shape index (κ2) is 9.93. The van der Waals surface area contributed by atoms with Crippen LogP contribution >= 0.6 is 11.6 Å². The predicted molar refractivity (Wildman–Crippen MR) is 146 cm³/mol. The number of benzene rings is 3. The van der Waals surface area contributed by atoms with Crippen molar-refractivity contribution in [1.82, 2.24) is 14.9 Å². The molecule has 0 bridgehead atoms. The van der Waals surface area contributed by atoms with E-state index in [1.807, 2.05) is 36.4 Å². The van der Waals surface area contributed by atoms with E-state index in [0.717, 1.165) is 47.4 Å². The Morgan fingerprint density at radius 2 is 1.75 bits per heavy atom. The minimum Gasteiger partial charge on any atom is -0.337 e. The van der Waals surface area contributed by atoms with Crippen LogP contribution in [0.4, 0.5) is 13.2 Å². The Labute approximate surface area is 233 Å². The molecule has 1 aliphatic carbocycles. The average molecular weight is 564 g/mol. The van der Waals surface area contributed by atoms with Crippen LogP contribution in [0.2, 0.25) is 5.02 Å². The third-order valence-electron chi connectivity index (χ3n) is 7.83. The molecule has 0 radical (unpaired) electrons. The van der Waals surface area contributed by atoms with Crippen LogP contribution in [0.1, 0.15) is 46.6 Å². The third-order valence-corrected chi connectivity index (χ3v) is 8.06. The molecule has 40 heavy (non-hydrogen) atoms. The van der Waals surface area contributed by atoms with Gasteiger partial charge in [0.25, 0.3) is 5.56 Å². The Bertz CT molecular complexity index is 1660. The minimum atomic E-state index is -4.39. The van der Waals surface area contributed by atoms with E-state index in [2.05, 4.69) is 4.98 Å². The van der Waals surface area contributed by atoms with Gasteiger partial charge in [0.2, 0.25) is 5.91 Å². The van der Waals surface area contributed by atoms with Gasteiger partial charge in [-0.3, -0.25) is 9.59 Å². The number of amides is 1. The van der Waals surface area contributed by atoms with Crippen LogP contribution in [0.3, 0.4) is 0 Å². The Balaban J connectivity index is 1.17. The molecule has 1 amide bonds. The first-order valence-corrected chi connectivity index (χ1v) is 13.4. The number of H-pyrrole nitrogens is 1. The second-order valence-electron chi connectivity index (χ2n) is 10.4. The first-order chi connectivity index (χ1) is 19.1. The van der Waals surface area contributed by atoms with E-state index in [4.69, 9.17) is 16.6 Å². The number of aromatic nitrogens is 2. The van der Waals surface area contributed by atoms with E-state index in [1.54, 1.807) is 17.0 Å². The number of rotatable bonds is 5. The van der Waals surface area contributed by atoms with Crippen molar-refractivity contribution in [3.8, 4) is 11.1 Å². The summed E-state index contributed by atoms with van der Waals surface area (Å²) in [5, 5.41) is 0.642. The lowest BCUT2D eigenvalue weighted by Gasteiger charge is -2.29. The molecular formula is C31H25ClF3N3O2. The smallest absolute Gasteiger partial charge is 0.337 e. The summed E-state index contributed by atoms with van der Waals surface area (Å²) in [5.41, 5.74) is 3.10. The minimum absolute atomic E-state index is 0.116.